The van der Waals surface area contributed by atoms with Gasteiger partial charge in [-0.1, -0.05) is 30.3 Å². The number of carbonyl (C=O) groups excluding carboxylic acids is 2. The summed E-state index contributed by atoms with van der Waals surface area (Å²) in [5.41, 5.74) is 12.8. The molecule has 1 saturated carbocycles. The highest BCUT2D eigenvalue weighted by Crippen LogP contribution is 2.30. The summed E-state index contributed by atoms with van der Waals surface area (Å²) < 4.78 is 0. The number of tetrazole rings is 1. The fourth-order valence-electron chi connectivity index (χ4n) is 5.63. The van der Waals surface area contributed by atoms with Crippen molar-refractivity contribution in [1.29, 1.82) is 0 Å². The van der Waals surface area contributed by atoms with Crippen LogP contribution in [-0.4, -0.2) is 59.1 Å². The molecule has 43 heavy (non-hydrogen) atoms. The summed E-state index contributed by atoms with van der Waals surface area (Å²) in [4.78, 5) is 29.0. The molecule has 0 radical (unpaired) electrons. The number of nitrogens with one attached hydrogen (secondary N) is 3. The highest BCUT2D eigenvalue weighted by atomic mass is 16.2. The minimum atomic E-state index is -0.735. The zero-order chi connectivity index (χ0) is 30.3. The number of amides is 2. The summed E-state index contributed by atoms with van der Waals surface area (Å²) in [5, 5.41) is 20.1. The van der Waals surface area contributed by atoms with Crippen LogP contribution in [0.25, 0.3) is 22.5 Å². The van der Waals surface area contributed by atoms with Crippen LogP contribution in [0.5, 0.6) is 0 Å². The molecule has 10 nitrogen and oxygen atoms in total. The fourth-order valence-corrected chi connectivity index (χ4v) is 5.63. The van der Waals surface area contributed by atoms with E-state index < -0.39 is 6.04 Å². The molecule has 1 heterocycles. The molecule has 0 spiro atoms. The maximum absolute atomic E-state index is 13.6. The summed E-state index contributed by atoms with van der Waals surface area (Å²) in [6.07, 6.45) is 3.83. The quantitative estimate of drug-likeness (QED) is 0.219. The van der Waals surface area contributed by atoms with Gasteiger partial charge in [0, 0.05) is 43.4 Å². The number of H-pyrrole nitrogens is 1. The number of rotatable bonds is 10. The van der Waals surface area contributed by atoms with Gasteiger partial charge in [0.05, 0.1) is 0 Å². The number of hydrogen-bond donors (Lipinski definition) is 4. The number of aromatic nitrogens is 4. The van der Waals surface area contributed by atoms with Gasteiger partial charge in [-0.25, -0.2) is 0 Å². The van der Waals surface area contributed by atoms with Crippen LogP contribution in [0.4, 0.5) is 11.4 Å². The molecule has 10 heteroatoms. The lowest BCUT2D eigenvalue weighted by Gasteiger charge is -2.28. The predicted molar refractivity (Wildman–Crippen MR) is 169 cm³/mol. The smallest absolute Gasteiger partial charge is 0.247 e. The fraction of sp³-hybridized carbons (Fsp3) is 0.364. The lowest BCUT2D eigenvalue weighted by molar-refractivity contribution is -0.130. The summed E-state index contributed by atoms with van der Waals surface area (Å²) in [6.45, 7) is 2.76. The van der Waals surface area contributed by atoms with E-state index in [9.17, 15) is 9.59 Å². The van der Waals surface area contributed by atoms with Gasteiger partial charge in [-0.2, -0.15) is 5.21 Å². The van der Waals surface area contributed by atoms with Crippen molar-refractivity contribution < 1.29 is 9.59 Å². The summed E-state index contributed by atoms with van der Waals surface area (Å²) in [5.74, 6) is 0.492. The summed E-state index contributed by atoms with van der Waals surface area (Å²) in [6, 6.07) is 21.1. The third kappa shape index (κ3) is 7.45. The SMILES string of the molecule is Cc1ccc(N(C)C)cc1-c1ccc(C[C@H](NC(=O)C2CCC(CN)CC2)C(=O)Nc2ccc(-c3nn[nH]n3)cc2)cc1. The Morgan fingerprint density at radius 2 is 1.67 bits per heavy atom. The molecule has 1 aliphatic carbocycles. The third-order valence-corrected chi connectivity index (χ3v) is 8.38. The minimum absolute atomic E-state index is 0.0733. The topological polar surface area (TPSA) is 142 Å². The lowest BCUT2D eigenvalue weighted by Crippen LogP contribution is -2.48. The maximum Gasteiger partial charge on any atom is 0.247 e. The van der Waals surface area contributed by atoms with E-state index in [2.05, 4.69) is 73.4 Å². The third-order valence-electron chi connectivity index (χ3n) is 8.38. The van der Waals surface area contributed by atoms with Crippen LogP contribution in [0.2, 0.25) is 0 Å². The van der Waals surface area contributed by atoms with Gasteiger partial charge in [-0.3, -0.25) is 9.59 Å². The van der Waals surface area contributed by atoms with E-state index in [0.29, 0.717) is 30.4 Å². The Morgan fingerprint density at radius 1 is 0.977 bits per heavy atom. The second-order valence-electron chi connectivity index (χ2n) is 11.6. The monoisotopic (exact) mass is 580 g/mol. The van der Waals surface area contributed by atoms with E-state index in [1.165, 1.54) is 5.56 Å². The molecule has 1 aliphatic rings. The zero-order valence-corrected chi connectivity index (χ0v) is 25.0. The Balaban J connectivity index is 1.32. The Hall–Kier alpha value is -4.57. The Labute approximate surface area is 252 Å². The number of anilines is 2. The van der Waals surface area contributed by atoms with Crippen molar-refractivity contribution in [2.45, 2.75) is 45.1 Å². The zero-order valence-electron chi connectivity index (χ0n) is 25.0. The van der Waals surface area contributed by atoms with Crippen molar-refractivity contribution in [2.24, 2.45) is 17.6 Å². The van der Waals surface area contributed by atoms with Crippen LogP contribution < -0.4 is 21.3 Å². The molecule has 0 unspecified atom stereocenters. The normalized spacial score (nSPS) is 17.2. The van der Waals surface area contributed by atoms with Crippen molar-refractivity contribution in [3.8, 4) is 22.5 Å². The highest BCUT2D eigenvalue weighted by Gasteiger charge is 2.29. The molecule has 0 bridgehead atoms. The Bertz CT molecular complexity index is 1510. The standard InChI is InChI=1S/C33H40N8O2/c1-21-4-17-28(41(2)3)19-29(21)24-9-5-22(6-10-24)18-30(36-32(42)26-11-7-23(20-34)8-12-26)33(43)35-27-15-13-25(14-16-27)31-37-39-40-38-31/h4-6,9-10,13-17,19,23,26,30H,7-8,11-12,18,20,34H2,1-3H3,(H,35,43)(H,36,42)(H,37,38,39,40)/t23?,26?,30-/m0/s1. The largest absolute Gasteiger partial charge is 0.378 e. The van der Waals surface area contributed by atoms with Crippen molar-refractivity contribution in [2.75, 3.05) is 30.9 Å². The maximum atomic E-state index is 13.6. The van der Waals surface area contributed by atoms with Crippen LogP contribution in [-0.2, 0) is 16.0 Å². The molecule has 1 aromatic heterocycles. The molecule has 5 N–H and O–H groups in total. The van der Waals surface area contributed by atoms with Gasteiger partial charge in [0.2, 0.25) is 17.6 Å². The van der Waals surface area contributed by atoms with Gasteiger partial charge < -0.3 is 21.3 Å². The molecule has 224 valence electrons. The van der Waals surface area contributed by atoms with E-state index in [1.807, 2.05) is 38.4 Å². The first-order chi connectivity index (χ1) is 20.8. The first-order valence-electron chi connectivity index (χ1n) is 14.8. The molecule has 0 aliphatic heterocycles. The van der Waals surface area contributed by atoms with Gasteiger partial charge in [-0.15, -0.1) is 10.2 Å². The number of nitrogens with zero attached hydrogens (tertiary/aromatic N) is 4. The first kappa shape index (κ1) is 29.9. The molecular formula is C33H40N8O2. The number of carbonyl (C=O) groups is 2. The van der Waals surface area contributed by atoms with E-state index >= 15 is 0 Å². The van der Waals surface area contributed by atoms with Gasteiger partial charge in [-0.05, 0) is 109 Å². The molecule has 1 atom stereocenters. The average Bonchev–Trinajstić information content (AvgIpc) is 3.57. The van der Waals surface area contributed by atoms with Crippen LogP contribution in [0, 0.1) is 18.8 Å². The van der Waals surface area contributed by atoms with Crippen LogP contribution in [0.15, 0.2) is 66.7 Å². The van der Waals surface area contributed by atoms with Crippen LogP contribution >= 0.6 is 0 Å². The van der Waals surface area contributed by atoms with Gasteiger partial charge in [0.1, 0.15) is 6.04 Å². The molecule has 0 saturated heterocycles. The number of aromatic amines is 1. The number of benzene rings is 3. The van der Waals surface area contributed by atoms with Crippen LogP contribution in [0.1, 0.15) is 36.8 Å². The molecule has 1 fully saturated rings. The van der Waals surface area contributed by atoms with Crippen LogP contribution in [0.3, 0.4) is 0 Å². The van der Waals surface area contributed by atoms with Crippen molar-refractivity contribution in [3.05, 3.63) is 77.9 Å². The molecule has 4 aromatic rings. The molecular weight excluding hydrogens is 540 g/mol. The second-order valence-corrected chi connectivity index (χ2v) is 11.6. The minimum Gasteiger partial charge on any atom is -0.378 e. The van der Waals surface area contributed by atoms with Crippen molar-refractivity contribution in [1.82, 2.24) is 25.9 Å². The second kappa shape index (κ2) is 13.6. The van der Waals surface area contributed by atoms with Crippen molar-refractivity contribution >= 4 is 23.2 Å². The Morgan fingerprint density at radius 3 is 2.30 bits per heavy atom. The average molecular weight is 581 g/mol. The van der Waals surface area contributed by atoms with E-state index in [1.54, 1.807) is 12.1 Å². The predicted octanol–water partition coefficient (Wildman–Crippen LogP) is 4.34. The summed E-state index contributed by atoms with van der Waals surface area (Å²) in [7, 11) is 4.06. The molecule has 2 amide bonds. The van der Waals surface area contributed by atoms with Gasteiger partial charge in [0.25, 0.3) is 0 Å². The number of nitrogens with two attached hydrogens (primary N) is 1. The molecule has 5 rings (SSSR count). The highest BCUT2D eigenvalue weighted by molar-refractivity contribution is 5.97. The number of aryl methyl sites for hydroxylation is 1. The Kier molecular flexibility index (Phi) is 9.46. The van der Waals surface area contributed by atoms with Gasteiger partial charge >= 0.3 is 0 Å². The van der Waals surface area contributed by atoms with E-state index in [4.69, 9.17) is 5.73 Å². The molecule has 3 aromatic carbocycles. The van der Waals surface area contributed by atoms with Crippen molar-refractivity contribution in [3.63, 3.8) is 0 Å². The van der Waals surface area contributed by atoms with E-state index in [-0.39, 0.29) is 17.7 Å². The van der Waals surface area contributed by atoms with Gasteiger partial charge in [0.15, 0.2) is 0 Å². The van der Waals surface area contributed by atoms with E-state index in [0.717, 1.165) is 53.6 Å². The number of hydrogen-bond acceptors (Lipinski definition) is 7. The first-order valence-corrected chi connectivity index (χ1v) is 14.8. The lowest BCUT2D eigenvalue weighted by atomic mass is 9.81. The summed E-state index contributed by atoms with van der Waals surface area (Å²) >= 11 is 0.